The molecular formula is C12H22N4O. The van der Waals surface area contributed by atoms with Crippen molar-refractivity contribution >= 4 is 5.95 Å². The van der Waals surface area contributed by atoms with E-state index in [2.05, 4.69) is 21.8 Å². The summed E-state index contributed by atoms with van der Waals surface area (Å²) in [6.07, 6.45) is 4.51. The van der Waals surface area contributed by atoms with E-state index in [1.54, 1.807) is 7.11 Å². The van der Waals surface area contributed by atoms with Crippen LogP contribution in [0.1, 0.15) is 19.4 Å². The van der Waals surface area contributed by atoms with Gasteiger partial charge in [-0.2, -0.15) is 0 Å². The lowest BCUT2D eigenvalue weighted by molar-refractivity contribution is 0.205. The van der Waals surface area contributed by atoms with E-state index < -0.39 is 0 Å². The van der Waals surface area contributed by atoms with E-state index in [0.717, 1.165) is 31.0 Å². The largest absolute Gasteiger partial charge is 0.383 e. The van der Waals surface area contributed by atoms with Gasteiger partial charge in [0.1, 0.15) is 0 Å². The summed E-state index contributed by atoms with van der Waals surface area (Å²) in [5.41, 5.74) is 6.81. The highest BCUT2D eigenvalue weighted by atomic mass is 16.5. The summed E-state index contributed by atoms with van der Waals surface area (Å²) in [6, 6.07) is 0.139. The Morgan fingerprint density at radius 2 is 2.06 bits per heavy atom. The molecule has 0 aliphatic carbocycles. The van der Waals surface area contributed by atoms with Gasteiger partial charge in [0.2, 0.25) is 5.95 Å². The quantitative estimate of drug-likeness (QED) is 0.762. The van der Waals surface area contributed by atoms with Gasteiger partial charge >= 0.3 is 0 Å². The number of nitrogens with zero attached hydrogens (tertiary/aromatic N) is 3. The van der Waals surface area contributed by atoms with Gasteiger partial charge < -0.3 is 15.4 Å². The summed E-state index contributed by atoms with van der Waals surface area (Å²) in [5.74, 6) is 0.748. The van der Waals surface area contributed by atoms with Crippen LogP contribution in [-0.2, 0) is 11.2 Å². The number of rotatable bonds is 7. The monoisotopic (exact) mass is 238 g/mol. The molecule has 5 nitrogen and oxygen atoms in total. The second-order valence-electron chi connectivity index (χ2n) is 4.15. The molecule has 1 unspecified atom stereocenters. The van der Waals surface area contributed by atoms with Crippen molar-refractivity contribution in [3.63, 3.8) is 0 Å². The van der Waals surface area contributed by atoms with Gasteiger partial charge in [-0.15, -0.1) is 0 Å². The Bertz CT molecular complexity index is 313. The van der Waals surface area contributed by atoms with E-state index in [1.165, 1.54) is 0 Å². The SMILES string of the molecule is CCN(CCOC)c1ncc(CC(C)N)cn1. The zero-order valence-corrected chi connectivity index (χ0v) is 10.9. The summed E-state index contributed by atoms with van der Waals surface area (Å²) >= 11 is 0. The Balaban J connectivity index is 2.64. The molecule has 1 aromatic rings. The van der Waals surface area contributed by atoms with Crippen LogP contribution >= 0.6 is 0 Å². The lowest BCUT2D eigenvalue weighted by Crippen LogP contribution is -2.28. The van der Waals surface area contributed by atoms with Crippen LogP contribution in [0.5, 0.6) is 0 Å². The maximum Gasteiger partial charge on any atom is 0.225 e. The van der Waals surface area contributed by atoms with Crippen molar-refractivity contribution in [1.29, 1.82) is 0 Å². The number of nitrogens with two attached hydrogens (primary N) is 1. The minimum Gasteiger partial charge on any atom is -0.383 e. The molecule has 96 valence electrons. The van der Waals surface area contributed by atoms with Crippen LogP contribution in [-0.4, -0.2) is 42.8 Å². The number of hydrogen-bond acceptors (Lipinski definition) is 5. The van der Waals surface area contributed by atoms with E-state index in [9.17, 15) is 0 Å². The first-order valence-corrected chi connectivity index (χ1v) is 5.97. The molecule has 0 fully saturated rings. The van der Waals surface area contributed by atoms with E-state index in [4.69, 9.17) is 10.5 Å². The number of methoxy groups -OCH3 is 1. The van der Waals surface area contributed by atoms with Crippen LogP contribution < -0.4 is 10.6 Å². The molecule has 0 bridgehead atoms. The van der Waals surface area contributed by atoms with E-state index in [0.29, 0.717) is 6.61 Å². The summed E-state index contributed by atoms with van der Waals surface area (Å²) in [7, 11) is 1.69. The Morgan fingerprint density at radius 1 is 1.41 bits per heavy atom. The molecule has 0 aliphatic heterocycles. The van der Waals surface area contributed by atoms with E-state index in [-0.39, 0.29) is 6.04 Å². The highest BCUT2D eigenvalue weighted by molar-refractivity contribution is 5.29. The summed E-state index contributed by atoms with van der Waals surface area (Å²) < 4.78 is 5.06. The molecule has 0 saturated heterocycles. The molecular weight excluding hydrogens is 216 g/mol. The molecule has 0 radical (unpaired) electrons. The third-order valence-electron chi connectivity index (χ3n) is 2.48. The van der Waals surface area contributed by atoms with Crippen LogP contribution in [0.3, 0.4) is 0 Å². The minimum absolute atomic E-state index is 0.139. The lowest BCUT2D eigenvalue weighted by Gasteiger charge is -2.20. The Morgan fingerprint density at radius 3 is 2.53 bits per heavy atom. The fourth-order valence-corrected chi connectivity index (χ4v) is 1.59. The molecule has 0 aliphatic rings. The van der Waals surface area contributed by atoms with Crippen molar-refractivity contribution in [2.45, 2.75) is 26.3 Å². The molecule has 0 saturated carbocycles. The summed E-state index contributed by atoms with van der Waals surface area (Å²) in [4.78, 5) is 10.8. The first-order chi connectivity index (χ1) is 8.17. The van der Waals surface area contributed by atoms with Gasteiger partial charge in [0, 0.05) is 38.6 Å². The Kier molecular flexibility index (Phi) is 5.86. The third kappa shape index (κ3) is 4.66. The predicted octanol–water partition coefficient (Wildman–Crippen LogP) is 0.839. The van der Waals surface area contributed by atoms with Crippen molar-refractivity contribution in [3.05, 3.63) is 18.0 Å². The number of ether oxygens (including phenoxy) is 1. The number of aromatic nitrogens is 2. The van der Waals surface area contributed by atoms with Gasteiger partial charge in [-0.25, -0.2) is 9.97 Å². The van der Waals surface area contributed by atoms with Crippen LogP contribution in [0.15, 0.2) is 12.4 Å². The molecule has 2 N–H and O–H groups in total. The average Bonchev–Trinajstić information content (AvgIpc) is 2.31. The van der Waals surface area contributed by atoms with Crippen LogP contribution in [0.25, 0.3) is 0 Å². The van der Waals surface area contributed by atoms with Crippen molar-refractivity contribution in [3.8, 4) is 0 Å². The number of hydrogen-bond donors (Lipinski definition) is 1. The van der Waals surface area contributed by atoms with Gasteiger partial charge in [-0.3, -0.25) is 0 Å². The molecule has 0 spiro atoms. The predicted molar refractivity (Wildman–Crippen MR) is 69.1 cm³/mol. The zero-order chi connectivity index (χ0) is 12.7. The van der Waals surface area contributed by atoms with Crippen LogP contribution in [0, 0.1) is 0 Å². The molecule has 0 aromatic carbocycles. The molecule has 1 heterocycles. The molecule has 5 heteroatoms. The molecule has 1 rings (SSSR count). The van der Waals surface area contributed by atoms with Crippen LogP contribution in [0.4, 0.5) is 5.95 Å². The average molecular weight is 238 g/mol. The van der Waals surface area contributed by atoms with Crippen molar-refractivity contribution < 1.29 is 4.74 Å². The second kappa shape index (κ2) is 7.19. The normalized spacial score (nSPS) is 12.5. The maximum atomic E-state index is 5.73. The molecule has 0 amide bonds. The summed E-state index contributed by atoms with van der Waals surface area (Å²) in [5, 5.41) is 0. The Labute approximate surface area is 103 Å². The molecule has 1 aromatic heterocycles. The fraction of sp³-hybridized carbons (Fsp3) is 0.667. The Hall–Kier alpha value is -1.20. The topological polar surface area (TPSA) is 64.3 Å². The third-order valence-corrected chi connectivity index (χ3v) is 2.48. The zero-order valence-electron chi connectivity index (χ0n) is 10.9. The van der Waals surface area contributed by atoms with E-state index >= 15 is 0 Å². The molecule has 17 heavy (non-hydrogen) atoms. The number of anilines is 1. The van der Waals surface area contributed by atoms with Gasteiger partial charge in [0.05, 0.1) is 6.61 Å². The van der Waals surface area contributed by atoms with Gasteiger partial charge in [0.15, 0.2) is 0 Å². The maximum absolute atomic E-state index is 5.73. The van der Waals surface area contributed by atoms with E-state index in [1.807, 2.05) is 19.3 Å². The van der Waals surface area contributed by atoms with Crippen molar-refractivity contribution in [1.82, 2.24) is 9.97 Å². The van der Waals surface area contributed by atoms with Crippen LogP contribution in [0.2, 0.25) is 0 Å². The van der Waals surface area contributed by atoms with Crippen molar-refractivity contribution in [2.24, 2.45) is 5.73 Å². The molecule has 1 atom stereocenters. The van der Waals surface area contributed by atoms with Crippen molar-refractivity contribution in [2.75, 3.05) is 31.7 Å². The summed E-state index contributed by atoms with van der Waals surface area (Å²) in [6.45, 7) is 6.41. The van der Waals surface area contributed by atoms with Gasteiger partial charge in [0.25, 0.3) is 0 Å². The van der Waals surface area contributed by atoms with Gasteiger partial charge in [-0.1, -0.05) is 0 Å². The number of likely N-dealkylation sites (N-methyl/N-ethyl adjacent to an activating group) is 1. The highest BCUT2D eigenvalue weighted by Gasteiger charge is 2.07. The van der Waals surface area contributed by atoms with Gasteiger partial charge in [-0.05, 0) is 25.8 Å². The minimum atomic E-state index is 0.139. The highest BCUT2D eigenvalue weighted by Crippen LogP contribution is 2.07. The standard InChI is InChI=1S/C12H22N4O/c1-4-16(5-6-17-3)12-14-8-11(9-15-12)7-10(2)13/h8-10H,4-7,13H2,1-3H3. The second-order valence-corrected chi connectivity index (χ2v) is 4.15. The lowest BCUT2D eigenvalue weighted by atomic mass is 10.1. The first-order valence-electron chi connectivity index (χ1n) is 5.97. The smallest absolute Gasteiger partial charge is 0.225 e. The first kappa shape index (κ1) is 13.9. The fourth-order valence-electron chi connectivity index (χ4n) is 1.59.